The van der Waals surface area contributed by atoms with Gasteiger partial charge >= 0.3 is 21.1 Å². The van der Waals surface area contributed by atoms with Gasteiger partial charge in [-0.25, -0.2) is 11.3 Å². The molecular weight excluding hydrogens is 1530 g/mol. The molecule has 412 valence electrons. The summed E-state index contributed by atoms with van der Waals surface area (Å²) in [5, 5.41) is 16.0. The Kier molecular flexibility index (Phi) is 24.7. The van der Waals surface area contributed by atoms with Crippen molar-refractivity contribution < 1.29 is 71.2 Å². The van der Waals surface area contributed by atoms with Gasteiger partial charge in [-0.1, -0.05) is 166 Å². The number of fused-ring (bicyclic) bond motifs is 10. The van der Waals surface area contributed by atoms with Gasteiger partial charge in [-0.05, 0) is 97.0 Å². The molecule has 0 unspecified atom stereocenters. The van der Waals surface area contributed by atoms with Crippen LogP contribution in [0.15, 0.2) is 127 Å². The van der Waals surface area contributed by atoms with E-state index in [1.54, 1.807) is 11.3 Å². The van der Waals surface area contributed by atoms with Crippen molar-refractivity contribution in [2.75, 3.05) is 0 Å². The number of carbonyl (C=O) groups is 1. The number of aryl methyl sites for hydroxylation is 1. The molecule has 79 heavy (non-hydrogen) atoms. The topological polar surface area (TPSA) is 119 Å². The summed E-state index contributed by atoms with van der Waals surface area (Å²) in [4.78, 5) is 40.6. The molecule has 0 saturated heterocycles. The van der Waals surface area contributed by atoms with E-state index in [-0.39, 0.29) is 72.8 Å². The number of carbonyl (C=O) groups excluding carboxylic acids is 1. The van der Waals surface area contributed by atoms with Crippen molar-refractivity contribution in [3.05, 3.63) is 223 Å². The fourth-order valence-corrected chi connectivity index (χ4v) is 11.0. The van der Waals surface area contributed by atoms with Crippen LogP contribution in [0, 0.1) is 12.1 Å². The van der Waals surface area contributed by atoms with Crippen LogP contribution in [0.4, 0.5) is 0 Å². The van der Waals surface area contributed by atoms with E-state index >= 15 is 0 Å². The van der Waals surface area contributed by atoms with Crippen molar-refractivity contribution in [2.45, 2.75) is 107 Å². The molecule has 8 heterocycles. The van der Waals surface area contributed by atoms with Gasteiger partial charge in [0, 0.05) is 64.4 Å². The van der Waals surface area contributed by atoms with Crippen molar-refractivity contribution in [1.29, 1.82) is 0 Å². The average molecular weight is 1600 g/mol. The first kappa shape index (κ1) is 63.8. The molecule has 0 spiro atoms. The van der Waals surface area contributed by atoms with Crippen molar-refractivity contribution in [1.82, 2.24) is 29.9 Å². The van der Waals surface area contributed by atoms with Crippen LogP contribution in [0.1, 0.15) is 124 Å². The minimum absolute atomic E-state index is 0. The first-order valence-electron chi connectivity index (χ1n) is 26.6. The average Bonchev–Trinajstić information content (AvgIpc) is 4.34. The summed E-state index contributed by atoms with van der Waals surface area (Å²) in [5.74, 6) is -0.0625. The quantitative estimate of drug-likeness (QED) is 0.0817. The van der Waals surface area contributed by atoms with E-state index in [1.165, 1.54) is 79.7 Å². The van der Waals surface area contributed by atoms with Crippen molar-refractivity contribution in [3.8, 4) is 21.8 Å². The fourth-order valence-electron chi connectivity index (χ4n) is 10.0. The predicted molar refractivity (Wildman–Crippen MR) is 314 cm³/mol. The van der Waals surface area contributed by atoms with Gasteiger partial charge in [0.1, 0.15) is 0 Å². The number of aliphatic hydroxyl groups is 1. The number of thiophene rings is 1. The van der Waals surface area contributed by atoms with Crippen LogP contribution >= 0.6 is 11.3 Å². The Hall–Kier alpha value is -6.02. The summed E-state index contributed by atoms with van der Waals surface area (Å²) < 4.78 is 1.26. The predicted octanol–water partition coefficient (Wildman–Crippen LogP) is 11.6. The largest absolute Gasteiger partial charge is 4.00 e. The van der Waals surface area contributed by atoms with E-state index in [9.17, 15) is 4.79 Å². The van der Waals surface area contributed by atoms with Crippen LogP contribution in [0.25, 0.3) is 67.0 Å². The van der Waals surface area contributed by atoms with Crippen LogP contribution in [-0.4, -0.2) is 20.9 Å². The van der Waals surface area contributed by atoms with Gasteiger partial charge in [0.05, 0.1) is 5.76 Å². The van der Waals surface area contributed by atoms with E-state index in [2.05, 4.69) is 131 Å². The first-order chi connectivity index (χ1) is 37.0. The Labute approximate surface area is 510 Å². The Morgan fingerprint density at radius 2 is 1.14 bits per heavy atom. The molecule has 1 aliphatic heterocycles. The molecule has 10 aromatic rings. The molecule has 7 aromatic heterocycles. The van der Waals surface area contributed by atoms with Crippen molar-refractivity contribution >= 4 is 62.3 Å². The van der Waals surface area contributed by atoms with Gasteiger partial charge in [-0.15, -0.1) is 104 Å². The summed E-state index contributed by atoms with van der Waals surface area (Å²) in [6, 6.07) is 41.3. The zero-order valence-corrected chi connectivity index (χ0v) is 54.1. The molecule has 8 bridgehead atoms. The standard InChI is InChI=1S/C34H40N4.C15H10N.C13H8NS.C5H8O2.2Ir.Pt/c1-8-20-15-21-16-29-22(9-2)23(10-3)31(36-29)18-33-26(13-6)27(14-7)34(38-33)19-32-25(12-5)24(11-4)30(37-32)17-28(20)35-21;1-2-7-13(8-3-1)15-14-9-5-4-6-12(14)10-11-16-15;1-2-7-12-10(5-1)9-13(15-12)11-6-3-4-8-14-11;1-4(6)3-5(2)7;;;/h15-19H,8-14H2,1-7H3;1-7,9-11H;1-8H;3,6H,1-2H3;;;/q-4;2*-1;;;;+4. The van der Waals surface area contributed by atoms with Crippen LogP contribution in [0.5, 0.6) is 0 Å². The number of aliphatic hydroxyl groups excluding tert-OH is 1. The van der Waals surface area contributed by atoms with Gasteiger partial charge in [0.25, 0.3) is 0 Å². The molecule has 0 fully saturated rings. The van der Waals surface area contributed by atoms with E-state index < -0.39 is 0 Å². The molecule has 1 N–H and O–H groups in total. The number of nitrogens with zero attached hydrogens (tertiary/aromatic N) is 6. The molecule has 0 amide bonds. The van der Waals surface area contributed by atoms with Gasteiger partial charge < -0.3 is 35.0 Å². The normalized spacial score (nSPS) is 11.2. The molecule has 0 aliphatic carbocycles. The molecule has 1 aliphatic rings. The van der Waals surface area contributed by atoms with E-state index in [4.69, 9.17) is 25.0 Å². The molecule has 0 saturated carbocycles. The summed E-state index contributed by atoms with van der Waals surface area (Å²) >= 11 is 1.73. The van der Waals surface area contributed by atoms with Gasteiger partial charge in [-0.3, -0.25) is 4.79 Å². The number of benzene rings is 3. The Balaban J connectivity index is 0.000000230. The zero-order chi connectivity index (χ0) is 53.7. The summed E-state index contributed by atoms with van der Waals surface area (Å²) in [5.41, 5.74) is 16.5. The maximum absolute atomic E-state index is 10.0. The Morgan fingerprint density at radius 3 is 1.66 bits per heavy atom. The van der Waals surface area contributed by atoms with Crippen LogP contribution in [-0.2, 0) is 111 Å². The number of hydrogen-bond acceptors (Lipinski definition) is 5. The zero-order valence-electron chi connectivity index (χ0n) is 46.2. The second-order valence-electron chi connectivity index (χ2n) is 18.5. The molecule has 12 heteroatoms. The van der Waals surface area contributed by atoms with E-state index in [1.807, 2.05) is 79.1 Å². The number of pyridine rings is 2. The third-order valence-electron chi connectivity index (χ3n) is 13.5. The minimum Gasteiger partial charge on any atom is -0.658 e. The maximum Gasteiger partial charge on any atom is 4.00 e. The Bertz CT molecular complexity index is 3860. The van der Waals surface area contributed by atoms with Crippen molar-refractivity contribution in [2.24, 2.45) is 0 Å². The summed E-state index contributed by atoms with van der Waals surface area (Å²) in [6.45, 7) is 18.4. The number of rotatable bonds is 10. The van der Waals surface area contributed by atoms with Gasteiger partial charge in [-0.2, -0.15) is 0 Å². The van der Waals surface area contributed by atoms with Gasteiger partial charge in [0.2, 0.25) is 0 Å². The van der Waals surface area contributed by atoms with Gasteiger partial charge in [0.15, 0.2) is 5.78 Å². The molecule has 2 radical (unpaired) electrons. The second-order valence-corrected chi connectivity index (χ2v) is 19.5. The molecule has 3 aromatic carbocycles. The van der Waals surface area contributed by atoms with E-state index in [0.29, 0.717) is 0 Å². The summed E-state index contributed by atoms with van der Waals surface area (Å²) in [7, 11) is 0. The minimum atomic E-state index is -0.125. The molecule has 11 rings (SSSR count). The van der Waals surface area contributed by atoms with E-state index in [0.717, 1.165) is 111 Å². The number of ketones is 1. The third-order valence-corrected chi connectivity index (χ3v) is 14.6. The SMILES string of the molecule is CC(=O)C=C(C)O.CCc1c2[n-]c(c1CC)C=c1[n-]c(c(CC)c1CC)=Cc1[n-]c(c(CC)c1CC)C=c1[n-]c(cc1CC)=C2.[Ir].[Ir].[Pt+4].[c-]1c(-c2ccccn2)sc2ccccc12.[c-]1ccccc1-c1nccc2ccccc12. The third kappa shape index (κ3) is 15.3. The second kappa shape index (κ2) is 30.5. The number of allylic oxidation sites excluding steroid dienone is 2. The Morgan fingerprint density at radius 1 is 0.582 bits per heavy atom. The number of hydrogen-bond donors (Lipinski definition) is 1. The fraction of sp³-hybridized carbons (Fsp3) is 0.239. The first-order valence-corrected chi connectivity index (χ1v) is 27.4. The monoisotopic (exact) mass is 1600 g/mol. The van der Waals surface area contributed by atoms with Crippen LogP contribution < -0.4 is 41.3 Å². The van der Waals surface area contributed by atoms with Crippen LogP contribution in [0.3, 0.4) is 0 Å². The summed E-state index contributed by atoms with van der Waals surface area (Å²) in [6.07, 6.45) is 20.3. The van der Waals surface area contributed by atoms with Crippen molar-refractivity contribution in [3.63, 3.8) is 0 Å². The molecular formula is C67H66Ir2N6O2PtS-2. The smallest absolute Gasteiger partial charge is 0.658 e. The maximum atomic E-state index is 10.0. The number of aromatic nitrogens is 6. The molecule has 8 nitrogen and oxygen atoms in total. The van der Waals surface area contributed by atoms with Crippen LogP contribution in [0.2, 0.25) is 0 Å². The molecule has 0 atom stereocenters.